The fourth-order valence-electron chi connectivity index (χ4n) is 2.26. The number of halogens is 1. The van der Waals surface area contributed by atoms with Gasteiger partial charge in [-0.15, -0.1) is 11.6 Å². The number of nitrogens with zero attached hydrogens (tertiary/aromatic N) is 2. The summed E-state index contributed by atoms with van der Waals surface area (Å²) in [6.45, 7) is 3.21. The minimum absolute atomic E-state index is 0.153. The van der Waals surface area contributed by atoms with E-state index >= 15 is 0 Å². The molecule has 4 nitrogen and oxygen atoms in total. The summed E-state index contributed by atoms with van der Waals surface area (Å²) in [6.07, 6.45) is 0.431. The zero-order chi connectivity index (χ0) is 13.7. The number of carbonyl (C=O) groups is 1. The first kappa shape index (κ1) is 14.0. The van der Waals surface area contributed by atoms with E-state index in [-0.39, 0.29) is 5.91 Å². The summed E-state index contributed by atoms with van der Waals surface area (Å²) in [6, 6.07) is 8.01. The highest BCUT2D eigenvalue weighted by atomic mass is 35.5. The van der Waals surface area contributed by atoms with Crippen LogP contribution < -0.4 is 9.64 Å². The second kappa shape index (κ2) is 6.66. The highest BCUT2D eigenvalue weighted by molar-refractivity contribution is 6.18. The molecule has 1 aliphatic heterocycles. The summed E-state index contributed by atoms with van der Waals surface area (Å²) in [4.78, 5) is 15.9. The SMILES string of the molecule is COc1cccc(N2CCN(C(=O)CCCl)CC2)c1. The Morgan fingerprint density at radius 1 is 1.32 bits per heavy atom. The van der Waals surface area contributed by atoms with Gasteiger partial charge >= 0.3 is 0 Å². The number of amides is 1. The van der Waals surface area contributed by atoms with E-state index in [1.165, 1.54) is 0 Å². The molecule has 0 aliphatic carbocycles. The molecule has 104 valence electrons. The van der Waals surface area contributed by atoms with Crippen molar-refractivity contribution in [3.63, 3.8) is 0 Å². The first-order valence-corrected chi connectivity index (χ1v) is 7.01. The molecule has 0 bridgehead atoms. The van der Waals surface area contributed by atoms with Gasteiger partial charge < -0.3 is 14.5 Å². The van der Waals surface area contributed by atoms with E-state index in [0.717, 1.165) is 37.6 Å². The van der Waals surface area contributed by atoms with Crippen molar-refractivity contribution >= 4 is 23.2 Å². The molecule has 1 aliphatic rings. The van der Waals surface area contributed by atoms with Gasteiger partial charge in [0.25, 0.3) is 0 Å². The maximum atomic E-state index is 11.7. The average Bonchev–Trinajstić information content (AvgIpc) is 2.48. The Morgan fingerprint density at radius 2 is 2.05 bits per heavy atom. The van der Waals surface area contributed by atoms with E-state index in [9.17, 15) is 4.79 Å². The first-order valence-electron chi connectivity index (χ1n) is 6.47. The number of carbonyl (C=O) groups excluding carboxylic acids is 1. The van der Waals surface area contributed by atoms with E-state index in [1.54, 1.807) is 7.11 Å². The molecule has 5 heteroatoms. The lowest BCUT2D eigenvalue weighted by Crippen LogP contribution is -2.48. The molecule has 0 unspecified atom stereocenters. The summed E-state index contributed by atoms with van der Waals surface area (Å²) in [5.74, 6) is 1.41. The van der Waals surface area contributed by atoms with Gasteiger partial charge in [0.15, 0.2) is 0 Å². The normalized spacial score (nSPS) is 15.5. The number of hydrogen-bond acceptors (Lipinski definition) is 3. The maximum Gasteiger partial charge on any atom is 0.223 e. The highest BCUT2D eigenvalue weighted by Crippen LogP contribution is 2.22. The number of rotatable bonds is 4. The lowest BCUT2D eigenvalue weighted by Gasteiger charge is -2.36. The number of benzene rings is 1. The molecule has 1 aromatic carbocycles. The lowest BCUT2D eigenvalue weighted by molar-refractivity contribution is -0.131. The van der Waals surface area contributed by atoms with E-state index < -0.39 is 0 Å². The van der Waals surface area contributed by atoms with E-state index in [0.29, 0.717) is 12.3 Å². The average molecular weight is 283 g/mol. The Morgan fingerprint density at radius 3 is 2.68 bits per heavy atom. The summed E-state index contributed by atoms with van der Waals surface area (Å²) >= 11 is 5.60. The quantitative estimate of drug-likeness (QED) is 0.792. The Labute approximate surface area is 118 Å². The van der Waals surface area contributed by atoms with Crippen LogP contribution in [0.1, 0.15) is 6.42 Å². The fourth-order valence-corrected chi connectivity index (χ4v) is 2.42. The molecule has 0 N–H and O–H groups in total. The number of hydrogen-bond donors (Lipinski definition) is 0. The molecular formula is C14H19ClN2O2. The van der Waals surface area contributed by atoms with Gasteiger partial charge in [-0.25, -0.2) is 0 Å². The first-order chi connectivity index (χ1) is 9.24. The van der Waals surface area contributed by atoms with Crippen molar-refractivity contribution in [1.82, 2.24) is 4.90 Å². The third kappa shape index (κ3) is 3.53. The maximum absolute atomic E-state index is 11.7. The third-order valence-electron chi connectivity index (χ3n) is 3.36. The molecule has 1 aromatic rings. The zero-order valence-corrected chi connectivity index (χ0v) is 11.9. The Bertz CT molecular complexity index is 431. The van der Waals surface area contributed by atoms with Crippen LogP contribution in [0.15, 0.2) is 24.3 Å². The monoisotopic (exact) mass is 282 g/mol. The Hall–Kier alpha value is -1.42. The molecule has 1 saturated heterocycles. The van der Waals surface area contributed by atoms with E-state index in [4.69, 9.17) is 16.3 Å². The van der Waals surface area contributed by atoms with Crippen LogP contribution in [-0.2, 0) is 4.79 Å². The smallest absolute Gasteiger partial charge is 0.223 e. The van der Waals surface area contributed by atoms with Gasteiger partial charge in [0.05, 0.1) is 7.11 Å². The molecule has 2 rings (SSSR count). The molecule has 0 atom stereocenters. The van der Waals surface area contributed by atoms with Gasteiger partial charge in [0.2, 0.25) is 5.91 Å². The van der Waals surface area contributed by atoms with E-state index in [2.05, 4.69) is 11.0 Å². The Balaban J connectivity index is 1.94. The van der Waals surface area contributed by atoms with Crippen molar-refractivity contribution in [2.24, 2.45) is 0 Å². The molecule has 0 radical (unpaired) electrons. The van der Waals surface area contributed by atoms with Gasteiger partial charge in [-0.1, -0.05) is 6.07 Å². The second-order valence-electron chi connectivity index (χ2n) is 4.51. The van der Waals surface area contributed by atoms with Crippen LogP contribution in [0.25, 0.3) is 0 Å². The molecule has 0 aromatic heterocycles. The van der Waals surface area contributed by atoms with Crippen LogP contribution in [0.2, 0.25) is 0 Å². The van der Waals surface area contributed by atoms with Crippen LogP contribution in [0, 0.1) is 0 Å². The molecule has 1 heterocycles. The number of piperazine rings is 1. The largest absolute Gasteiger partial charge is 0.497 e. The fraction of sp³-hybridized carbons (Fsp3) is 0.500. The van der Waals surface area contributed by atoms with E-state index in [1.807, 2.05) is 23.1 Å². The van der Waals surface area contributed by atoms with Crippen molar-refractivity contribution in [2.45, 2.75) is 6.42 Å². The molecule has 0 spiro atoms. The zero-order valence-electron chi connectivity index (χ0n) is 11.1. The second-order valence-corrected chi connectivity index (χ2v) is 4.89. The van der Waals surface area contributed by atoms with Crippen LogP contribution in [-0.4, -0.2) is 50.0 Å². The molecule has 19 heavy (non-hydrogen) atoms. The highest BCUT2D eigenvalue weighted by Gasteiger charge is 2.20. The standard InChI is InChI=1S/C14H19ClN2O2/c1-19-13-4-2-3-12(11-13)16-7-9-17(10-8-16)14(18)5-6-15/h2-4,11H,5-10H2,1H3. The van der Waals surface area contributed by atoms with Crippen molar-refractivity contribution in [1.29, 1.82) is 0 Å². The minimum Gasteiger partial charge on any atom is -0.497 e. The summed E-state index contributed by atoms with van der Waals surface area (Å²) in [7, 11) is 1.67. The number of ether oxygens (including phenoxy) is 1. The minimum atomic E-state index is 0.153. The third-order valence-corrected chi connectivity index (χ3v) is 3.55. The van der Waals surface area contributed by atoms with Crippen LogP contribution >= 0.6 is 11.6 Å². The number of alkyl halides is 1. The van der Waals surface area contributed by atoms with Gasteiger partial charge in [-0.05, 0) is 12.1 Å². The summed E-state index contributed by atoms with van der Waals surface area (Å²) < 4.78 is 5.23. The van der Waals surface area contributed by atoms with Gasteiger partial charge in [-0.2, -0.15) is 0 Å². The summed E-state index contributed by atoms with van der Waals surface area (Å²) in [5.41, 5.74) is 1.14. The van der Waals surface area contributed by atoms with Crippen molar-refractivity contribution < 1.29 is 9.53 Å². The number of methoxy groups -OCH3 is 1. The van der Waals surface area contributed by atoms with Gasteiger partial charge in [0.1, 0.15) is 5.75 Å². The van der Waals surface area contributed by atoms with Gasteiger partial charge in [0, 0.05) is 50.2 Å². The van der Waals surface area contributed by atoms with Crippen LogP contribution in [0.5, 0.6) is 5.75 Å². The molecule has 1 amide bonds. The van der Waals surface area contributed by atoms with Crippen molar-refractivity contribution in [3.05, 3.63) is 24.3 Å². The van der Waals surface area contributed by atoms with Gasteiger partial charge in [-0.3, -0.25) is 4.79 Å². The van der Waals surface area contributed by atoms with Crippen LogP contribution in [0.3, 0.4) is 0 Å². The lowest BCUT2D eigenvalue weighted by atomic mass is 10.2. The molecule has 0 saturated carbocycles. The Kier molecular flexibility index (Phi) is 4.91. The summed E-state index contributed by atoms with van der Waals surface area (Å²) in [5, 5.41) is 0. The van der Waals surface area contributed by atoms with Crippen molar-refractivity contribution in [3.8, 4) is 5.75 Å². The molecular weight excluding hydrogens is 264 g/mol. The van der Waals surface area contributed by atoms with Crippen molar-refractivity contribution in [2.75, 3.05) is 44.1 Å². The number of anilines is 1. The predicted molar refractivity (Wildman–Crippen MR) is 77.1 cm³/mol. The molecule has 1 fully saturated rings. The predicted octanol–water partition coefficient (Wildman–Crippen LogP) is 1.97. The van der Waals surface area contributed by atoms with Crippen LogP contribution in [0.4, 0.5) is 5.69 Å². The topological polar surface area (TPSA) is 32.8 Å².